The monoisotopic (exact) mass is 343 g/mol. The van der Waals surface area contributed by atoms with Gasteiger partial charge < -0.3 is 14.5 Å². The van der Waals surface area contributed by atoms with Gasteiger partial charge in [0.2, 0.25) is 5.91 Å². The van der Waals surface area contributed by atoms with Crippen LogP contribution in [0.25, 0.3) is 11.3 Å². The summed E-state index contributed by atoms with van der Waals surface area (Å²) in [4.78, 5) is 21.6. The molecule has 3 heterocycles. The summed E-state index contributed by atoms with van der Waals surface area (Å²) in [6.07, 6.45) is 0.913. The fourth-order valence-corrected chi connectivity index (χ4v) is 4.20. The van der Waals surface area contributed by atoms with E-state index in [1.54, 1.807) is 11.3 Å². The van der Waals surface area contributed by atoms with E-state index in [1.165, 1.54) is 0 Å². The number of carbonyl (C=O) groups excluding carboxylic acids is 1. The lowest BCUT2D eigenvalue weighted by atomic mass is 10.1. The molecule has 0 spiro atoms. The molecule has 1 unspecified atom stereocenters. The van der Waals surface area contributed by atoms with Crippen molar-refractivity contribution in [2.24, 2.45) is 5.92 Å². The van der Waals surface area contributed by atoms with Crippen LogP contribution in [0.3, 0.4) is 0 Å². The molecule has 4 rings (SSSR count). The van der Waals surface area contributed by atoms with Crippen LogP contribution in [0, 0.1) is 5.92 Å². The largest absolute Gasteiger partial charge is 0.378 e. The predicted octanol–water partition coefficient (Wildman–Crippen LogP) is 2.50. The molecule has 2 aliphatic rings. The topological polar surface area (TPSA) is 45.7 Å². The second-order valence-electron chi connectivity index (χ2n) is 6.25. The third kappa shape index (κ3) is 3.16. The van der Waals surface area contributed by atoms with Crippen LogP contribution >= 0.6 is 11.3 Å². The summed E-state index contributed by atoms with van der Waals surface area (Å²) in [5.74, 6) is 0.368. The smallest absolute Gasteiger partial charge is 0.227 e. The van der Waals surface area contributed by atoms with E-state index in [0.29, 0.717) is 13.2 Å². The van der Waals surface area contributed by atoms with Gasteiger partial charge in [-0.25, -0.2) is 4.98 Å². The normalized spacial score (nSPS) is 21.2. The van der Waals surface area contributed by atoms with Crippen molar-refractivity contribution in [3.05, 3.63) is 35.7 Å². The van der Waals surface area contributed by atoms with Crippen molar-refractivity contribution in [2.75, 3.05) is 44.3 Å². The number of rotatable bonds is 3. The maximum absolute atomic E-state index is 12.6. The highest BCUT2D eigenvalue weighted by Gasteiger charge is 2.33. The molecule has 6 heteroatoms. The Bertz CT molecular complexity index is 697. The average Bonchev–Trinajstić information content (AvgIpc) is 3.32. The van der Waals surface area contributed by atoms with Gasteiger partial charge in [0.25, 0.3) is 0 Å². The second-order valence-corrected chi connectivity index (χ2v) is 7.09. The fraction of sp³-hybridized carbons (Fsp3) is 0.444. The van der Waals surface area contributed by atoms with Crippen molar-refractivity contribution >= 4 is 22.4 Å². The highest BCUT2D eigenvalue weighted by Crippen LogP contribution is 2.31. The van der Waals surface area contributed by atoms with Crippen molar-refractivity contribution in [3.63, 3.8) is 0 Å². The molecular formula is C18H21N3O2S. The van der Waals surface area contributed by atoms with Crippen molar-refractivity contribution in [2.45, 2.75) is 6.42 Å². The van der Waals surface area contributed by atoms with E-state index in [1.807, 2.05) is 23.1 Å². The average molecular weight is 343 g/mol. The number of aromatic nitrogens is 1. The summed E-state index contributed by atoms with van der Waals surface area (Å²) in [6, 6.07) is 10.2. The van der Waals surface area contributed by atoms with Gasteiger partial charge in [-0.2, -0.15) is 0 Å². The van der Waals surface area contributed by atoms with Gasteiger partial charge in [0.1, 0.15) is 0 Å². The molecule has 1 aromatic heterocycles. The molecule has 2 fully saturated rings. The Morgan fingerprint density at radius 3 is 2.75 bits per heavy atom. The molecule has 2 aliphatic heterocycles. The number of nitrogens with zero attached hydrogens (tertiary/aromatic N) is 3. The lowest BCUT2D eigenvalue weighted by Gasteiger charge is -2.29. The first-order valence-electron chi connectivity index (χ1n) is 8.44. The molecule has 0 N–H and O–H groups in total. The third-order valence-corrected chi connectivity index (χ3v) is 5.59. The Morgan fingerprint density at radius 2 is 1.96 bits per heavy atom. The molecule has 126 valence electrons. The first kappa shape index (κ1) is 15.6. The van der Waals surface area contributed by atoms with Gasteiger partial charge in [-0.15, -0.1) is 11.3 Å². The van der Waals surface area contributed by atoms with Crippen LogP contribution in [0.15, 0.2) is 35.7 Å². The molecule has 0 aliphatic carbocycles. The third-order valence-electron chi connectivity index (χ3n) is 4.69. The van der Waals surface area contributed by atoms with E-state index in [4.69, 9.17) is 9.72 Å². The molecule has 1 amide bonds. The van der Waals surface area contributed by atoms with Gasteiger partial charge in [-0.05, 0) is 6.42 Å². The van der Waals surface area contributed by atoms with E-state index < -0.39 is 0 Å². The minimum absolute atomic E-state index is 0.0900. The quantitative estimate of drug-likeness (QED) is 0.859. The molecule has 1 atom stereocenters. The van der Waals surface area contributed by atoms with Gasteiger partial charge in [0.15, 0.2) is 5.13 Å². The van der Waals surface area contributed by atoms with E-state index in [-0.39, 0.29) is 11.8 Å². The highest BCUT2D eigenvalue weighted by atomic mass is 32.1. The number of carbonyl (C=O) groups is 1. The molecule has 24 heavy (non-hydrogen) atoms. The van der Waals surface area contributed by atoms with Gasteiger partial charge in [0, 0.05) is 37.1 Å². The van der Waals surface area contributed by atoms with E-state index in [9.17, 15) is 4.79 Å². The van der Waals surface area contributed by atoms with Crippen molar-refractivity contribution in [1.82, 2.24) is 9.88 Å². The lowest BCUT2D eigenvalue weighted by molar-refractivity contribution is -0.138. The second kappa shape index (κ2) is 6.91. The first-order chi connectivity index (χ1) is 11.8. The Morgan fingerprint density at radius 1 is 1.17 bits per heavy atom. The number of ether oxygens (including phenoxy) is 1. The van der Waals surface area contributed by atoms with Crippen molar-refractivity contribution in [3.8, 4) is 11.3 Å². The minimum atomic E-state index is 0.0900. The molecule has 0 saturated carbocycles. The van der Waals surface area contributed by atoms with E-state index in [2.05, 4.69) is 22.4 Å². The van der Waals surface area contributed by atoms with Crippen LogP contribution in [0.1, 0.15) is 6.42 Å². The maximum Gasteiger partial charge on any atom is 0.227 e. The predicted molar refractivity (Wildman–Crippen MR) is 95.3 cm³/mol. The standard InChI is InChI=1S/C18H21N3O2S/c22-17(20-8-10-23-11-9-20)15-6-7-21(12-15)18-19-16(13-24-18)14-4-2-1-3-5-14/h1-5,13,15H,6-12H2. The molecule has 2 aromatic rings. The Labute approximate surface area is 145 Å². The van der Waals surface area contributed by atoms with Crippen LogP contribution in [0.5, 0.6) is 0 Å². The zero-order valence-corrected chi connectivity index (χ0v) is 14.4. The number of benzene rings is 1. The summed E-state index contributed by atoms with van der Waals surface area (Å²) in [6.45, 7) is 4.46. The van der Waals surface area contributed by atoms with Crippen molar-refractivity contribution < 1.29 is 9.53 Å². The Kier molecular flexibility index (Phi) is 4.49. The maximum atomic E-state index is 12.6. The summed E-state index contributed by atoms with van der Waals surface area (Å²) >= 11 is 1.66. The number of hydrogen-bond donors (Lipinski definition) is 0. The number of morpholine rings is 1. The lowest BCUT2D eigenvalue weighted by Crippen LogP contribution is -2.44. The molecule has 0 radical (unpaired) electrons. The van der Waals surface area contributed by atoms with Gasteiger partial charge >= 0.3 is 0 Å². The zero-order chi connectivity index (χ0) is 16.4. The molecular weight excluding hydrogens is 322 g/mol. The number of amides is 1. The summed E-state index contributed by atoms with van der Waals surface area (Å²) in [5, 5.41) is 3.12. The van der Waals surface area contributed by atoms with Gasteiger partial charge in [0.05, 0.1) is 24.8 Å². The van der Waals surface area contributed by atoms with Gasteiger partial charge in [-0.1, -0.05) is 30.3 Å². The van der Waals surface area contributed by atoms with Crippen LogP contribution in [-0.4, -0.2) is 55.2 Å². The molecule has 1 aromatic carbocycles. The number of thiazole rings is 1. The summed E-state index contributed by atoms with van der Waals surface area (Å²) < 4.78 is 5.34. The summed E-state index contributed by atoms with van der Waals surface area (Å²) in [7, 11) is 0. The van der Waals surface area contributed by atoms with Crippen LogP contribution in [-0.2, 0) is 9.53 Å². The van der Waals surface area contributed by atoms with Crippen LogP contribution in [0.2, 0.25) is 0 Å². The SMILES string of the molecule is O=C(C1CCN(c2nc(-c3ccccc3)cs2)C1)N1CCOCC1. The molecule has 5 nitrogen and oxygen atoms in total. The summed E-state index contributed by atoms with van der Waals surface area (Å²) in [5.41, 5.74) is 2.15. The highest BCUT2D eigenvalue weighted by molar-refractivity contribution is 7.14. The molecule has 2 saturated heterocycles. The van der Waals surface area contributed by atoms with Crippen LogP contribution < -0.4 is 4.90 Å². The van der Waals surface area contributed by atoms with E-state index >= 15 is 0 Å². The number of anilines is 1. The number of hydrogen-bond acceptors (Lipinski definition) is 5. The van der Waals surface area contributed by atoms with Gasteiger partial charge in [-0.3, -0.25) is 4.79 Å². The van der Waals surface area contributed by atoms with Crippen LogP contribution in [0.4, 0.5) is 5.13 Å². The van der Waals surface area contributed by atoms with Crippen molar-refractivity contribution in [1.29, 1.82) is 0 Å². The minimum Gasteiger partial charge on any atom is -0.378 e. The van der Waals surface area contributed by atoms with E-state index in [0.717, 1.165) is 49.0 Å². The fourth-order valence-electron chi connectivity index (χ4n) is 3.33. The molecule has 0 bridgehead atoms. The Hall–Kier alpha value is -1.92. The Balaban J connectivity index is 1.42. The first-order valence-corrected chi connectivity index (χ1v) is 9.31. The zero-order valence-electron chi connectivity index (χ0n) is 13.6.